The van der Waals surface area contributed by atoms with Crippen molar-refractivity contribution in [2.24, 2.45) is 0 Å². The van der Waals surface area contributed by atoms with Crippen molar-refractivity contribution in [2.75, 3.05) is 11.9 Å². The summed E-state index contributed by atoms with van der Waals surface area (Å²) in [4.78, 5) is 37.6. The quantitative estimate of drug-likeness (QED) is 0.416. The molecule has 0 aliphatic carbocycles. The molecule has 0 unspecified atom stereocenters. The standard InChI is InChI=1S/C22H15BrFN3O4/c23-14-5-3-4-13(10-14)19-9-8-15(31-19)11-18-21(29)27(22(30)26-18)12-20(28)25-17-7-2-1-6-16(17)24/h1-11H,12H2,(H,25,28)(H,26,30)/b18-11+. The number of amides is 4. The van der Waals surface area contributed by atoms with E-state index in [2.05, 4.69) is 26.6 Å². The Hall–Kier alpha value is -3.72. The lowest BCUT2D eigenvalue weighted by atomic mass is 10.2. The van der Waals surface area contributed by atoms with Gasteiger partial charge in [-0.05, 0) is 36.4 Å². The third-order valence-corrected chi connectivity index (χ3v) is 4.93. The molecular formula is C22H15BrFN3O4. The van der Waals surface area contributed by atoms with Gasteiger partial charge in [-0.1, -0.05) is 40.2 Å². The van der Waals surface area contributed by atoms with Crippen LogP contribution in [0.4, 0.5) is 14.9 Å². The zero-order chi connectivity index (χ0) is 22.0. The van der Waals surface area contributed by atoms with Gasteiger partial charge in [0.05, 0.1) is 5.69 Å². The molecule has 0 saturated carbocycles. The van der Waals surface area contributed by atoms with E-state index in [9.17, 15) is 18.8 Å². The van der Waals surface area contributed by atoms with E-state index >= 15 is 0 Å². The summed E-state index contributed by atoms with van der Waals surface area (Å²) in [5.41, 5.74) is 0.775. The van der Waals surface area contributed by atoms with Gasteiger partial charge in [0.1, 0.15) is 29.6 Å². The number of carbonyl (C=O) groups is 3. The lowest BCUT2D eigenvalue weighted by molar-refractivity contribution is -0.127. The maximum atomic E-state index is 13.7. The van der Waals surface area contributed by atoms with Crippen molar-refractivity contribution < 1.29 is 23.2 Å². The average Bonchev–Trinajstić information content (AvgIpc) is 3.30. The Morgan fingerprint density at radius 2 is 1.94 bits per heavy atom. The van der Waals surface area contributed by atoms with Crippen LogP contribution < -0.4 is 10.6 Å². The second kappa shape index (κ2) is 8.57. The first-order valence-electron chi connectivity index (χ1n) is 9.15. The minimum absolute atomic E-state index is 0.0289. The number of anilines is 1. The Labute approximate surface area is 184 Å². The maximum Gasteiger partial charge on any atom is 0.329 e. The van der Waals surface area contributed by atoms with Gasteiger partial charge in [-0.2, -0.15) is 0 Å². The van der Waals surface area contributed by atoms with Crippen molar-refractivity contribution >= 4 is 45.5 Å². The Morgan fingerprint density at radius 3 is 2.71 bits per heavy atom. The number of hydrogen-bond donors (Lipinski definition) is 2. The van der Waals surface area contributed by atoms with Gasteiger partial charge < -0.3 is 15.1 Å². The van der Waals surface area contributed by atoms with Crippen LogP contribution in [-0.2, 0) is 9.59 Å². The highest BCUT2D eigenvalue weighted by atomic mass is 79.9. The fourth-order valence-corrected chi connectivity index (χ4v) is 3.38. The van der Waals surface area contributed by atoms with E-state index in [0.717, 1.165) is 14.9 Å². The summed E-state index contributed by atoms with van der Waals surface area (Å²) in [6, 6.07) is 15.8. The van der Waals surface area contributed by atoms with Crippen LogP contribution in [0.1, 0.15) is 5.76 Å². The van der Waals surface area contributed by atoms with Gasteiger partial charge in [0.25, 0.3) is 5.91 Å². The second-order valence-electron chi connectivity index (χ2n) is 6.62. The molecule has 3 aromatic rings. The highest BCUT2D eigenvalue weighted by Gasteiger charge is 2.35. The first kappa shape index (κ1) is 20.5. The largest absolute Gasteiger partial charge is 0.457 e. The predicted molar refractivity (Wildman–Crippen MR) is 115 cm³/mol. The SMILES string of the molecule is O=C(CN1C(=O)N/C(=C/c2ccc(-c3cccc(Br)c3)o2)C1=O)Nc1ccccc1F. The van der Waals surface area contributed by atoms with Crippen molar-refractivity contribution in [1.82, 2.24) is 10.2 Å². The molecule has 0 bridgehead atoms. The van der Waals surface area contributed by atoms with Crippen LogP contribution >= 0.6 is 15.9 Å². The molecule has 1 aliphatic heterocycles. The third kappa shape index (κ3) is 4.56. The summed E-state index contributed by atoms with van der Waals surface area (Å²) >= 11 is 3.40. The Kier molecular flexibility index (Phi) is 5.68. The Bertz CT molecular complexity index is 1220. The normalized spacial score (nSPS) is 14.8. The lowest BCUT2D eigenvalue weighted by Gasteiger charge is -2.12. The number of nitrogens with one attached hydrogen (secondary N) is 2. The van der Waals surface area contributed by atoms with E-state index in [0.29, 0.717) is 11.5 Å². The van der Waals surface area contributed by atoms with Crippen LogP contribution in [0.2, 0.25) is 0 Å². The number of furan rings is 1. The third-order valence-electron chi connectivity index (χ3n) is 4.43. The molecule has 9 heteroatoms. The fourth-order valence-electron chi connectivity index (χ4n) is 2.98. The molecule has 7 nitrogen and oxygen atoms in total. The van der Waals surface area contributed by atoms with E-state index in [1.807, 2.05) is 24.3 Å². The van der Waals surface area contributed by atoms with E-state index in [4.69, 9.17) is 4.42 Å². The minimum atomic E-state index is -0.751. The monoisotopic (exact) mass is 483 g/mol. The molecule has 0 atom stereocenters. The molecule has 0 radical (unpaired) electrons. The van der Waals surface area contributed by atoms with Gasteiger partial charge in [0.15, 0.2) is 0 Å². The van der Waals surface area contributed by atoms with Gasteiger partial charge in [0.2, 0.25) is 5.91 Å². The number of urea groups is 1. The number of nitrogens with zero attached hydrogens (tertiary/aromatic N) is 1. The summed E-state index contributed by atoms with van der Waals surface area (Å²) < 4.78 is 20.3. The molecule has 31 heavy (non-hydrogen) atoms. The maximum absolute atomic E-state index is 13.7. The van der Waals surface area contributed by atoms with Crippen LogP contribution in [0.3, 0.4) is 0 Å². The topological polar surface area (TPSA) is 91.7 Å². The zero-order valence-corrected chi connectivity index (χ0v) is 17.5. The first-order chi connectivity index (χ1) is 14.9. The second-order valence-corrected chi connectivity index (χ2v) is 7.54. The highest BCUT2D eigenvalue weighted by Crippen LogP contribution is 2.26. The number of halogens is 2. The van der Waals surface area contributed by atoms with E-state index in [-0.39, 0.29) is 11.4 Å². The first-order valence-corrected chi connectivity index (χ1v) is 9.95. The van der Waals surface area contributed by atoms with E-state index in [1.165, 1.54) is 24.3 Å². The van der Waals surface area contributed by atoms with Crippen molar-refractivity contribution in [3.05, 3.63) is 82.4 Å². The molecule has 1 aromatic heterocycles. The number of rotatable bonds is 5. The summed E-state index contributed by atoms with van der Waals surface area (Å²) in [5.74, 6) is -1.06. The van der Waals surface area contributed by atoms with Crippen molar-refractivity contribution in [3.8, 4) is 11.3 Å². The van der Waals surface area contributed by atoms with Gasteiger partial charge in [-0.25, -0.2) is 14.1 Å². The molecule has 2 aromatic carbocycles. The van der Waals surface area contributed by atoms with Crippen molar-refractivity contribution in [2.45, 2.75) is 0 Å². The van der Waals surface area contributed by atoms with E-state index < -0.39 is 30.2 Å². The number of imide groups is 1. The van der Waals surface area contributed by atoms with E-state index in [1.54, 1.807) is 18.2 Å². The lowest BCUT2D eigenvalue weighted by Crippen LogP contribution is -2.38. The molecule has 1 fully saturated rings. The molecular weight excluding hydrogens is 469 g/mol. The molecule has 4 rings (SSSR count). The Balaban J connectivity index is 1.46. The van der Waals surface area contributed by atoms with Crippen LogP contribution in [0.25, 0.3) is 17.4 Å². The fraction of sp³-hybridized carbons (Fsp3) is 0.0455. The van der Waals surface area contributed by atoms with Crippen LogP contribution in [0.15, 0.2) is 75.3 Å². The van der Waals surface area contributed by atoms with Crippen LogP contribution in [0, 0.1) is 5.82 Å². The van der Waals surface area contributed by atoms with Gasteiger partial charge in [-0.3, -0.25) is 9.59 Å². The van der Waals surface area contributed by atoms with Crippen LogP contribution in [-0.4, -0.2) is 29.3 Å². The van der Waals surface area contributed by atoms with Gasteiger partial charge in [-0.15, -0.1) is 0 Å². The Morgan fingerprint density at radius 1 is 1.13 bits per heavy atom. The van der Waals surface area contributed by atoms with Gasteiger partial charge >= 0.3 is 6.03 Å². The van der Waals surface area contributed by atoms with Crippen molar-refractivity contribution in [3.63, 3.8) is 0 Å². The minimum Gasteiger partial charge on any atom is -0.457 e. The highest BCUT2D eigenvalue weighted by molar-refractivity contribution is 9.10. The summed E-state index contributed by atoms with van der Waals surface area (Å²) in [7, 11) is 0. The molecule has 2 heterocycles. The molecule has 156 valence electrons. The number of benzene rings is 2. The van der Waals surface area contributed by atoms with Crippen molar-refractivity contribution in [1.29, 1.82) is 0 Å². The molecule has 1 saturated heterocycles. The van der Waals surface area contributed by atoms with Crippen LogP contribution in [0.5, 0.6) is 0 Å². The number of para-hydroxylation sites is 1. The molecule has 4 amide bonds. The number of carbonyl (C=O) groups excluding carboxylic acids is 3. The summed E-state index contributed by atoms with van der Waals surface area (Å²) in [6.45, 7) is -0.558. The predicted octanol–water partition coefficient (Wildman–Crippen LogP) is 4.38. The smallest absolute Gasteiger partial charge is 0.329 e. The summed E-state index contributed by atoms with van der Waals surface area (Å²) in [5, 5.41) is 4.76. The zero-order valence-electron chi connectivity index (χ0n) is 15.9. The van der Waals surface area contributed by atoms with Gasteiger partial charge in [0, 0.05) is 16.1 Å². The average molecular weight is 484 g/mol. The molecule has 0 spiro atoms. The number of hydrogen-bond acceptors (Lipinski definition) is 4. The molecule has 1 aliphatic rings. The summed E-state index contributed by atoms with van der Waals surface area (Å²) in [6.07, 6.45) is 1.39. The molecule has 2 N–H and O–H groups in total.